The van der Waals surface area contributed by atoms with Crippen LogP contribution in [0.1, 0.15) is 18.4 Å². The molecule has 2 heterocycles. The molecule has 3 rings (SSSR count). The number of aromatic nitrogens is 1. The molecular weight excluding hydrogens is 314 g/mol. The summed E-state index contributed by atoms with van der Waals surface area (Å²) in [5, 5.41) is 11.1. The number of H-pyrrole nitrogens is 1. The topological polar surface area (TPSA) is 59.6 Å². The molecule has 5 nitrogen and oxygen atoms in total. The number of hydrogen-bond donors (Lipinski definition) is 2. The van der Waals surface area contributed by atoms with Gasteiger partial charge in [-0.15, -0.1) is 6.58 Å². The van der Waals surface area contributed by atoms with Gasteiger partial charge in [0.2, 0.25) is 5.91 Å². The number of amides is 1. The lowest BCUT2D eigenvalue weighted by Gasteiger charge is -2.35. The first-order valence-corrected chi connectivity index (χ1v) is 9.01. The number of allylic oxidation sites excluding steroid dienone is 1. The second-order valence-electron chi connectivity index (χ2n) is 6.74. The smallest absolute Gasteiger partial charge is 0.227 e. The number of nitrogens with one attached hydrogen (secondary N) is 1. The molecule has 1 aliphatic heterocycles. The van der Waals surface area contributed by atoms with Crippen molar-refractivity contribution < 1.29 is 9.90 Å². The average molecular weight is 341 g/mol. The van der Waals surface area contributed by atoms with Crippen molar-refractivity contribution in [1.82, 2.24) is 14.8 Å². The maximum absolute atomic E-state index is 12.6. The first kappa shape index (κ1) is 17.7. The van der Waals surface area contributed by atoms with E-state index in [9.17, 15) is 9.90 Å². The predicted octanol–water partition coefficient (Wildman–Crippen LogP) is 2.18. The third-order valence-corrected chi connectivity index (χ3v) is 4.91. The molecule has 2 aromatic rings. The number of rotatable bonds is 7. The van der Waals surface area contributed by atoms with Crippen LogP contribution in [-0.4, -0.2) is 64.6 Å². The summed E-state index contributed by atoms with van der Waals surface area (Å²) in [5.41, 5.74) is 2.13. The summed E-state index contributed by atoms with van der Waals surface area (Å²) in [7, 11) is 0. The fraction of sp³-hybridized carbons (Fsp3) is 0.450. The van der Waals surface area contributed by atoms with Crippen LogP contribution in [-0.2, 0) is 11.2 Å². The molecule has 0 aliphatic carbocycles. The van der Waals surface area contributed by atoms with Gasteiger partial charge in [-0.1, -0.05) is 24.3 Å². The number of piperazine rings is 1. The van der Waals surface area contributed by atoms with Crippen molar-refractivity contribution in [1.29, 1.82) is 0 Å². The maximum atomic E-state index is 12.6. The highest BCUT2D eigenvalue weighted by Crippen LogP contribution is 2.19. The molecule has 1 fully saturated rings. The second kappa shape index (κ2) is 8.32. The predicted molar refractivity (Wildman–Crippen MR) is 100 cm³/mol. The molecule has 1 amide bonds. The van der Waals surface area contributed by atoms with Gasteiger partial charge in [-0.2, -0.15) is 0 Å². The van der Waals surface area contributed by atoms with Crippen LogP contribution in [0.4, 0.5) is 0 Å². The lowest BCUT2D eigenvalue weighted by Crippen LogP contribution is -2.50. The minimum Gasteiger partial charge on any atom is -0.392 e. The number of hydrogen-bond acceptors (Lipinski definition) is 3. The Morgan fingerprint density at radius 3 is 2.80 bits per heavy atom. The van der Waals surface area contributed by atoms with E-state index in [0.717, 1.165) is 55.5 Å². The summed E-state index contributed by atoms with van der Waals surface area (Å²) in [4.78, 5) is 20.0. The molecule has 1 atom stereocenters. The Morgan fingerprint density at radius 1 is 1.28 bits per heavy atom. The van der Waals surface area contributed by atoms with E-state index >= 15 is 0 Å². The number of aliphatic hydroxyl groups excluding tert-OH is 1. The number of carbonyl (C=O) groups excluding carboxylic acids is 1. The number of nitrogens with zero attached hydrogens (tertiary/aromatic N) is 2. The minimum absolute atomic E-state index is 0.177. The molecule has 2 N–H and O–H groups in total. The van der Waals surface area contributed by atoms with Crippen molar-refractivity contribution in [2.75, 3.05) is 32.7 Å². The zero-order chi connectivity index (χ0) is 17.6. The Morgan fingerprint density at radius 2 is 2.04 bits per heavy atom. The van der Waals surface area contributed by atoms with Crippen molar-refractivity contribution in [3.05, 3.63) is 48.7 Å². The number of fused-ring (bicyclic) bond motifs is 1. The van der Waals surface area contributed by atoms with Crippen LogP contribution < -0.4 is 0 Å². The first-order valence-electron chi connectivity index (χ1n) is 9.01. The molecule has 1 unspecified atom stereocenters. The Bertz CT molecular complexity index is 717. The molecule has 25 heavy (non-hydrogen) atoms. The summed E-state index contributed by atoms with van der Waals surface area (Å²) < 4.78 is 0. The number of para-hydroxylation sites is 1. The number of aliphatic hydroxyl groups is 1. The Balaban J connectivity index is 1.49. The zero-order valence-electron chi connectivity index (χ0n) is 14.7. The van der Waals surface area contributed by atoms with Gasteiger partial charge < -0.3 is 15.0 Å². The summed E-state index contributed by atoms with van der Waals surface area (Å²) in [6, 6.07) is 8.07. The van der Waals surface area contributed by atoms with Crippen molar-refractivity contribution >= 4 is 16.8 Å². The van der Waals surface area contributed by atoms with Gasteiger partial charge in [0.1, 0.15) is 0 Å². The Hall–Kier alpha value is -2.11. The van der Waals surface area contributed by atoms with E-state index in [0.29, 0.717) is 13.0 Å². The van der Waals surface area contributed by atoms with Crippen molar-refractivity contribution in [3.63, 3.8) is 0 Å². The van der Waals surface area contributed by atoms with Gasteiger partial charge in [0.15, 0.2) is 0 Å². The van der Waals surface area contributed by atoms with Crippen LogP contribution in [0.3, 0.4) is 0 Å². The lowest BCUT2D eigenvalue weighted by molar-refractivity contribution is -0.132. The Labute approximate surface area is 148 Å². The van der Waals surface area contributed by atoms with Crippen LogP contribution in [0.5, 0.6) is 0 Å². The second-order valence-corrected chi connectivity index (χ2v) is 6.74. The minimum atomic E-state index is -0.313. The molecule has 5 heteroatoms. The van der Waals surface area contributed by atoms with E-state index in [-0.39, 0.29) is 12.0 Å². The van der Waals surface area contributed by atoms with Crippen LogP contribution in [0, 0.1) is 0 Å². The number of aromatic amines is 1. The largest absolute Gasteiger partial charge is 0.392 e. The molecule has 0 saturated carbocycles. The molecular formula is C20H27N3O2. The quantitative estimate of drug-likeness (QED) is 0.759. The zero-order valence-corrected chi connectivity index (χ0v) is 14.7. The average Bonchev–Trinajstić information content (AvgIpc) is 3.03. The van der Waals surface area contributed by atoms with Crippen molar-refractivity contribution in [3.8, 4) is 0 Å². The Kier molecular flexibility index (Phi) is 5.89. The third-order valence-electron chi connectivity index (χ3n) is 4.91. The SMILES string of the molecule is C=CCCC(O)CN1CCN(C(=O)Cc2c[nH]c3ccccc23)CC1. The standard InChI is InChI=1S/C20H27N3O2/c1-2-3-6-17(24)15-22-9-11-23(12-10-22)20(25)13-16-14-21-19-8-5-4-7-18(16)19/h2,4-5,7-8,14,17,21,24H,1,3,6,9-13,15H2. The van der Waals surface area contributed by atoms with Gasteiger partial charge >= 0.3 is 0 Å². The molecule has 134 valence electrons. The van der Waals surface area contributed by atoms with E-state index in [1.165, 1.54) is 0 Å². The summed E-state index contributed by atoms with van der Waals surface area (Å²) >= 11 is 0. The van der Waals surface area contributed by atoms with Gasteiger partial charge in [0, 0.05) is 49.8 Å². The normalized spacial score (nSPS) is 16.9. The first-order chi connectivity index (χ1) is 12.2. The molecule has 0 spiro atoms. The number of β-amino-alcohol motifs (C(OH)–C–C–N with tert-alkyl or cyclic N) is 1. The summed E-state index contributed by atoms with van der Waals surface area (Å²) in [6.07, 6.45) is 5.49. The third kappa shape index (κ3) is 4.50. The molecule has 0 radical (unpaired) electrons. The highest BCUT2D eigenvalue weighted by atomic mass is 16.3. The van der Waals surface area contributed by atoms with Crippen LogP contribution in [0.15, 0.2) is 43.1 Å². The number of carbonyl (C=O) groups is 1. The van der Waals surface area contributed by atoms with Gasteiger partial charge in [-0.25, -0.2) is 0 Å². The number of benzene rings is 1. The van der Waals surface area contributed by atoms with Crippen LogP contribution >= 0.6 is 0 Å². The monoisotopic (exact) mass is 341 g/mol. The van der Waals surface area contributed by atoms with Gasteiger partial charge in [-0.3, -0.25) is 9.69 Å². The molecule has 1 aliphatic rings. The maximum Gasteiger partial charge on any atom is 0.227 e. The van der Waals surface area contributed by atoms with Gasteiger partial charge in [0.05, 0.1) is 12.5 Å². The van der Waals surface area contributed by atoms with Crippen molar-refractivity contribution in [2.24, 2.45) is 0 Å². The van der Waals surface area contributed by atoms with Crippen LogP contribution in [0.25, 0.3) is 10.9 Å². The lowest BCUT2D eigenvalue weighted by atomic mass is 10.1. The van der Waals surface area contributed by atoms with E-state index < -0.39 is 0 Å². The van der Waals surface area contributed by atoms with Gasteiger partial charge in [-0.05, 0) is 24.5 Å². The van der Waals surface area contributed by atoms with E-state index in [1.807, 2.05) is 35.4 Å². The highest BCUT2D eigenvalue weighted by molar-refractivity contribution is 5.88. The van der Waals surface area contributed by atoms with Crippen molar-refractivity contribution in [2.45, 2.75) is 25.4 Å². The summed E-state index contributed by atoms with van der Waals surface area (Å²) in [6.45, 7) is 7.48. The molecule has 1 aromatic carbocycles. The molecule has 0 bridgehead atoms. The highest BCUT2D eigenvalue weighted by Gasteiger charge is 2.23. The molecule has 1 saturated heterocycles. The van der Waals surface area contributed by atoms with E-state index in [1.54, 1.807) is 0 Å². The van der Waals surface area contributed by atoms with Gasteiger partial charge in [0.25, 0.3) is 0 Å². The van der Waals surface area contributed by atoms with E-state index in [4.69, 9.17) is 0 Å². The fourth-order valence-corrected chi connectivity index (χ4v) is 3.43. The fourth-order valence-electron chi connectivity index (χ4n) is 3.43. The summed E-state index contributed by atoms with van der Waals surface area (Å²) in [5.74, 6) is 0.177. The molecule has 1 aromatic heterocycles. The van der Waals surface area contributed by atoms with E-state index in [2.05, 4.69) is 22.5 Å². The van der Waals surface area contributed by atoms with Crippen LogP contribution in [0.2, 0.25) is 0 Å².